The van der Waals surface area contributed by atoms with E-state index >= 15 is 0 Å². The third-order valence-electron chi connectivity index (χ3n) is 6.57. The summed E-state index contributed by atoms with van der Waals surface area (Å²) in [5.41, 5.74) is 5.83. The van der Waals surface area contributed by atoms with E-state index < -0.39 is 0 Å². The molecule has 0 radical (unpaired) electrons. The van der Waals surface area contributed by atoms with E-state index in [-0.39, 0.29) is 5.92 Å². The maximum atomic E-state index is 6.59. The Bertz CT molecular complexity index is 1670. The smallest absolute Gasteiger partial charge is 0.180 e. The van der Waals surface area contributed by atoms with Gasteiger partial charge in [-0.25, -0.2) is 9.97 Å². The molecule has 0 N–H and O–H groups in total. The Labute approximate surface area is 193 Å². The maximum Gasteiger partial charge on any atom is 0.180 e. The number of aromatic nitrogens is 2. The third-order valence-corrected chi connectivity index (χ3v) is 6.57. The summed E-state index contributed by atoms with van der Waals surface area (Å²) >= 11 is 0. The zero-order valence-electron chi connectivity index (χ0n) is 19.4. The monoisotopic (exact) mass is 430 g/mol. The first-order valence-corrected chi connectivity index (χ1v) is 11.7. The Hall–Kier alpha value is -3.72. The summed E-state index contributed by atoms with van der Waals surface area (Å²) in [6.45, 7) is 8.77. The highest BCUT2D eigenvalue weighted by Gasteiger charge is 2.21. The van der Waals surface area contributed by atoms with Crippen LogP contribution in [0.15, 0.2) is 77.2 Å². The van der Waals surface area contributed by atoms with Gasteiger partial charge in [-0.05, 0) is 33.7 Å². The SMILES string of the molecule is CC(C)c1nc(-c2ccc(C(C)C)c3ccccc23)c2oc3c4ccccc4ccc3c2n1. The fraction of sp³-hybridized carbons (Fsp3) is 0.200. The molecule has 0 aliphatic carbocycles. The highest BCUT2D eigenvalue weighted by molar-refractivity contribution is 6.16. The predicted octanol–water partition coefficient (Wildman–Crippen LogP) is 8.60. The van der Waals surface area contributed by atoms with Crippen LogP contribution in [0.5, 0.6) is 0 Å². The minimum atomic E-state index is 0.208. The highest BCUT2D eigenvalue weighted by atomic mass is 16.3. The van der Waals surface area contributed by atoms with Crippen LogP contribution in [-0.2, 0) is 0 Å². The lowest BCUT2D eigenvalue weighted by Crippen LogP contribution is -2.00. The third kappa shape index (κ3) is 3.03. The molecule has 0 amide bonds. The maximum absolute atomic E-state index is 6.59. The Morgan fingerprint density at radius 1 is 0.606 bits per heavy atom. The van der Waals surface area contributed by atoms with E-state index in [9.17, 15) is 0 Å². The molecule has 0 spiro atoms. The van der Waals surface area contributed by atoms with E-state index in [1.807, 2.05) is 0 Å². The van der Waals surface area contributed by atoms with Crippen molar-refractivity contribution in [3.63, 3.8) is 0 Å². The van der Waals surface area contributed by atoms with Gasteiger partial charge in [0.15, 0.2) is 5.58 Å². The van der Waals surface area contributed by atoms with E-state index in [4.69, 9.17) is 14.4 Å². The lowest BCUT2D eigenvalue weighted by molar-refractivity contribution is 0.667. The highest BCUT2D eigenvalue weighted by Crippen LogP contribution is 2.40. The number of furan rings is 1. The number of hydrogen-bond donors (Lipinski definition) is 0. The molecular formula is C30H26N2O. The summed E-state index contributed by atoms with van der Waals surface area (Å²) in [6, 6.07) is 25.7. The van der Waals surface area contributed by atoms with Crippen LogP contribution < -0.4 is 0 Å². The molecule has 0 atom stereocenters. The normalized spacial score (nSPS) is 12.2. The van der Waals surface area contributed by atoms with Crippen molar-refractivity contribution in [2.45, 2.75) is 39.5 Å². The van der Waals surface area contributed by atoms with Gasteiger partial charge in [-0.3, -0.25) is 0 Å². The summed E-state index contributed by atoms with van der Waals surface area (Å²) in [7, 11) is 0. The number of fused-ring (bicyclic) bond motifs is 6. The minimum Gasteiger partial charge on any atom is -0.451 e. The molecule has 0 saturated carbocycles. The second kappa shape index (κ2) is 7.41. The molecule has 0 aliphatic rings. The van der Waals surface area contributed by atoms with Gasteiger partial charge in [-0.15, -0.1) is 0 Å². The summed E-state index contributed by atoms with van der Waals surface area (Å²) in [5, 5.41) is 5.77. The molecule has 0 unspecified atom stereocenters. The van der Waals surface area contributed by atoms with Gasteiger partial charge < -0.3 is 4.42 Å². The van der Waals surface area contributed by atoms with Crippen LogP contribution in [0.2, 0.25) is 0 Å². The van der Waals surface area contributed by atoms with Gasteiger partial charge in [0.2, 0.25) is 0 Å². The van der Waals surface area contributed by atoms with Gasteiger partial charge in [-0.1, -0.05) is 94.4 Å². The van der Waals surface area contributed by atoms with Gasteiger partial charge in [0.25, 0.3) is 0 Å². The molecular weight excluding hydrogens is 404 g/mol. The molecule has 33 heavy (non-hydrogen) atoms. The first-order valence-electron chi connectivity index (χ1n) is 11.7. The van der Waals surface area contributed by atoms with E-state index in [2.05, 4.69) is 100 Å². The van der Waals surface area contributed by atoms with E-state index in [0.29, 0.717) is 5.92 Å². The van der Waals surface area contributed by atoms with Crippen LogP contribution in [-0.4, -0.2) is 9.97 Å². The van der Waals surface area contributed by atoms with Crippen molar-refractivity contribution >= 4 is 43.6 Å². The molecule has 3 nitrogen and oxygen atoms in total. The molecule has 0 bridgehead atoms. The fourth-order valence-electron chi connectivity index (χ4n) is 4.86. The summed E-state index contributed by atoms with van der Waals surface area (Å²) in [6.07, 6.45) is 0. The standard InChI is InChI=1S/C30H26N2O/c1-17(2)20-15-16-24(23-12-8-7-11-22(20)23)26-29-27(32-30(31-26)18(3)4)25-14-13-19-9-5-6-10-21(19)28(25)33-29/h5-18H,1-4H3. The molecule has 0 saturated heterocycles. The molecule has 2 aromatic heterocycles. The lowest BCUT2D eigenvalue weighted by atomic mass is 9.92. The van der Waals surface area contributed by atoms with Crippen LogP contribution in [0.3, 0.4) is 0 Å². The molecule has 3 heteroatoms. The summed E-state index contributed by atoms with van der Waals surface area (Å²) < 4.78 is 6.59. The molecule has 4 aromatic carbocycles. The lowest BCUT2D eigenvalue weighted by Gasteiger charge is -2.14. The zero-order chi connectivity index (χ0) is 22.7. The van der Waals surface area contributed by atoms with Crippen LogP contribution in [0.1, 0.15) is 50.9 Å². The topological polar surface area (TPSA) is 38.9 Å². The Morgan fingerprint density at radius 2 is 1.33 bits per heavy atom. The predicted molar refractivity (Wildman–Crippen MR) is 138 cm³/mol. The van der Waals surface area contributed by atoms with Crippen molar-refractivity contribution in [2.75, 3.05) is 0 Å². The summed E-state index contributed by atoms with van der Waals surface area (Å²) in [4.78, 5) is 10.0. The Balaban J connectivity index is 1.76. The van der Waals surface area contributed by atoms with Crippen LogP contribution in [0, 0.1) is 0 Å². The van der Waals surface area contributed by atoms with Crippen LogP contribution in [0.25, 0.3) is 54.9 Å². The largest absolute Gasteiger partial charge is 0.451 e. The second-order valence-electron chi connectivity index (χ2n) is 9.43. The number of nitrogens with zero attached hydrogens (tertiary/aromatic N) is 2. The van der Waals surface area contributed by atoms with Crippen molar-refractivity contribution in [3.8, 4) is 11.3 Å². The van der Waals surface area contributed by atoms with E-state index in [1.54, 1.807) is 0 Å². The minimum absolute atomic E-state index is 0.208. The van der Waals surface area contributed by atoms with Crippen molar-refractivity contribution in [1.82, 2.24) is 9.97 Å². The Morgan fingerprint density at radius 3 is 2.09 bits per heavy atom. The van der Waals surface area contributed by atoms with Crippen LogP contribution >= 0.6 is 0 Å². The molecule has 162 valence electrons. The number of hydrogen-bond acceptors (Lipinski definition) is 3. The molecule has 2 heterocycles. The van der Waals surface area contributed by atoms with Crippen molar-refractivity contribution in [3.05, 3.63) is 84.2 Å². The first kappa shape index (κ1) is 19.9. The van der Waals surface area contributed by atoms with Gasteiger partial charge >= 0.3 is 0 Å². The van der Waals surface area contributed by atoms with Gasteiger partial charge in [0.1, 0.15) is 22.6 Å². The Kier molecular flexibility index (Phi) is 4.48. The van der Waals surface area contributed by atoms with Crippen molar-refractivity contribution in [2.24, 2.45) is 0 Å². The summed E-state index contributed by atoms with van der Waals surface area (Å²) in [5.74, 6) is 1.49. The number of rotatable bonds is 3. The van der Waals surface area contributed by atoms with Crippen molar-refractivity contribution in [1.29, 1.82) is 0 Å². The second-order valence-corrected chi connectivity index (χ2v) is 9.43. The molecule has 0 fully saturated rings. The molecule has 0 aliphatic heterocycles. The van der Waals surface area contributed by atoms with Gasteiger partial charge in [0.05, 0.1) is 0 Å². The van der Waals surface area contributed by atoms with Gasteiger partial charge in [-0.2, -0.15) is 0 Å². The van der Waals surface area contributed by atoms with E-state index in [0.717, 1.165) is 49.9 Å². The quantitative estimate of drug-likeness (QED) is 0.282. The molecule has 6 aromatic rings. The average Bonchev–Trinajstić information content (AvgIpc) is 3.22. The van der Waals surface area contributed by atoms with Crippen molar-refractivity contribution < 1.29 is 4.42 Å². The number of benzene rings is 4. The van der Waals surface area contributed by atoms with E-state index in [1.165, 1.54) is 16.3 Å². The van der Waals surface area contributed by atoms with Gasteiger partial charge in [0, 0.05) is 22.3 Å². The molecule has 6 rings (SSSR count). The van der Waals surface area contributed by atoms with Crippen LogP contribution in [0.4, 0.5) is 0 Å². The fourth-order valence-corrected chi connectivity index (χ4v) is 4.86. The first-order chi connectivity index (χ1) is 16.0. The zero-order valence-corrected chi connectivity index (χ0v) is 19.4. The average molecular weight is 431 g/mol.